The van der Waals surface area contributed by atoms with Crippen molar-refractivity contribution in [1.29, 1.82) is 0 Å². The molecule has 0 amide bonds. The van der Waals surface area contributed by atoms with Crippen LogP contribution in [0.5, 0.6) is 0 Å². The molecule has 88 valence electrons. The third-order valence-electron chi connectivity index (χ3n) is 2.21. The van der Waals surface area contributed by atoms with Gasteiger partial charge in [0.15, 0.2) is 0 Å². The Kier molecular flexibility index (Phi) is 4.71. The quantitative estimate of drug-likeness (QED) is 0.611. The van der Waals surface area contributed by atoms with Crippen LogP contribution in [0.4, 0.5) is 0 Å². The summed E-state index contributed by atoms with van der Waals surface area (Å²) in [5, 5.41) is 0. The van der Waals surface area contributed by atoms with Gasteiger partial charge in [-0.1, -0.05) is 23.8 Å². The summed E-state index contributed by atoms with van der Waals surface area (Å²) in [6.45, 7) is 5.96. The van der Waals surface area contributed by atoms with E-state index < -0.39 is 10.0 Å². The van der Waals surface area contributed by atoms with Crippen LogP contribution in [0.1, 0.15) is 18.4 Å². The van der Waals surface area contributed by atoms with Crippen molar-refractivity contribution in [2.75, 3.05) is 6.54 Å². The van der Waals surface area contributed by atoms with Crippen LogP contribution in [0.15, 0.2) is 41.8 Å². The summed E-state index contributed by atoms with van der Waals surface area (Å²) < 4.78 is 26.1. The van der Waals surface area contributed by atoms with Gasteiger partial charge in [0.25, 0.3) is 0 Å². The molecule has 0 fully saturated rings. The van der Waals surface area contributed by atoms with Crippen LogP contribution < -0.4 is 4.72 Å². The molecule has 0 aromatic heterocycles. The number of nitrogens with one attached hydrogen (secondary N) is 1. The van der Waals surface area contributed by atoms with Crippen LogP contribution in [-0.4, -0.2) is 15.0 Å². The fourth-order valence-corrected chi connectivity index (χ4v) is 2.33. The predicted molar refractivity (Wildman–Crippen MR) is 65.8 cm³/mol. The van der Waals surface area contributed by atoms with E-state index in [1.54, 1.807) is 30.3 Å². The van der Waals surface area contributed by atoms with Gasteiger partial charge in [-0.25, -0.2) is 13.1 Å². The third kappa shape index (κ3) is 3.79. The fraction of sp³-hybridized carbons (Fsp3) is 0.333. The van der Waals surface area contributed by atoms with Gasteiger partial charge in [0.1, 0.15) is 0 Å². The van der Waals surface area contributed by atoms with E-state index in [1.165, 1.54) is 0 Å². The molecule has 1 aromatic carbocycles. The van der Waals surface area contributed by atoms with E-state index in [4.69, 9.17) is 0 Å². The second-order valence-corrected chi connectivity index (χ2v) is 5.41. The van der Waals surface area contributed by atoms with Crippen molar-refractivity contribution in [3.05, 3.63) is 42.5 Å². The Labute approximate surface area is 97.2 Å². The number of rotatable bonds is 6. The minimum absolute atomic E-state index is 0.316. The smallest absolute Gasteiger partial charge is 0.211 e. The second-order valence-electron chi connectivity index (χ2n) is 3.64. The molecule has 0 saturated heterocycles. The lowest BCUT2D eigenvalue weighted by molar-refractivity contribution is 0.579. The van der Waals surface area contributed by atoms with Crippen molar-refractivity contribution in [1.82, 2.24) is 4.72 Å². The molecule has 0 aliphatic heterocycles. The van der Waals surface area contributed by atoms with Crippen LogP contribution >= 0.6 is 0 Å². The highest BCUT2D eigenvalue weighted by molar-refractivity contribution is 7.89. The molecular weight excluding hydrogens is 222 g/mol. The van der Waals surface area contributed by atoms with Gasteiger partial charge in [0.05, 0.1) is 4.90 Å². The van der Waals surface area contributed by atoms with Crippen LogP contribution in [0.2, 0.25) is 0 Å². The van der Waals surface area contributed by atoms with Gasteiger partial charge >= 0.3 is 0 Å². The highest BCUT2D eigenvalue weighted by Gasteiger charge is 2.11. The predicted octanol–water partition coefficient (Wildman–Crippen LogP) is 2.24. The zero-order valence-electron chi connectivity index (χ0n) is 9.44. The molecule has 0 unspecified atom stereocenters. The number of aryl methyl sites for hydroxylation is 1. The Morgan fingerprint density at radius 2 is 1.94 bits per heavy atom. The van der Waals surface area contributed by atoms with E-state index in [9.17, 15) is 8.42 Å². The fourth-order valence-electron chi connectivity index (χ4n) is 1.25. The van der Waals surface area contributed by atoms with Gasteiger partial charge in [-0.05, 0) is 31.9 Å². The van der Waals surface area contributed by atoms with Gasteiger partial charge in [0, 0.05) is 6.54 Å². The highest BCUT2D eigenvalue weighted by Crippen LogP contribution is 2.09. The van der Waals surface area contributed by atoms with Crippen molar-refractivity contribution in [3.8, 4) is 0 Å². The molecule has 1 aromatic rings. The molecule has 0 bridgehead atoms. The molecule has 4 heteroatoms. The molecular formula is C12H17NO2S. The van der Waals surface area contributed by atoms with Crippen molar-refractivity contribution in [2.24, 2.45) is 0 Å². The lowest BCUT2D eigenvalue weighted by Crippen LogP contribution is -2.24. The summed E-state index contributed by atoms with van der Waals surface area (Å²) in [5.41, 5.74) is 1.05. The summed E-state index contributed by atoms with van der Waals surface area (Å²) in [6, 6.07) is 6.81. The molecule has 16 heavy (non-hydrogen) atoms. The SMILES string of the molecule is C=CCCCNS(=O)(=O)c1ccc(C)cc1. The Morgan fingerprint density at radius 3 is 2.50 bits per heavy atom. The first-order valence-corrected chi connectivity index (χ1v) is 6.72. The van der Waals surface area contributed by atoms with E-state index in [-0.39, 0.29) is 0 Å². The molecule has 0 aliphatic carbocycles. The minimum Gasteiger partial charge on any atom is -0.211 e. The van der Waals surface area contributed by atoms with E-state index >= 15 is 0 Å². The molecule has 0 aliphatic rings. The Morgan fingerprint density at radius 1 is 1.31 bits per heavy atom. The van der Waals surface area contributed by atoms with Crippen LogP contribution in [0, 0.1) is 6.92 Å². The highest BCUT2D eigenvalue weighted by atomic mass is 32.2. The van der Waals surface area contributed by atoms with Crippen LogP contribution in [-0.2, 0) is 10.0 Å². The summed E-state index contributed by atoms with van der Waals surface area (Å²) in [4.78, 5) is 0.316. The maximum absolute atomic E-state index is 11.8. The average Bonchev–Trinajstić information content (AvgIpc) is 2.25. The summed E-state index contributed by atoms with van der Waals surface area (Å²) in [5.74, 6) is 0. The molecule has 3 nitrogen and oxygen atoms in total. The largest absolute Gasteiger partial charge is 0.240 e. The number of benzene rings is 1. The molecule has 1 rings (SSSR count). The second kappa shape index (κ2) is 5.82. The molecule has 0 saturated carbocycles. The summed E-state index contributed by atoms with van der Waals surface area (Å²) in [7, 11) is -3.34. The van der Waals surface area contributed by atoms with E-state index in [2.05, 4.69) is 11.3 Å². The van der Waals surface area contributed by atoms with Gasteiger partial charge in [0.2, 0.25) is 10.0 Å². The Bertz CT molecular complexity index is 435. The number of unbranched alkanes of at least 4 members (excludes halogenated alkanes) is 1. The van der Waals surface area contributed by atoms with Crippen LogP contribution in [0.25, 0.3) is 0 Å². The summed E-state index contributed by atoms with van der Waals surface area (Å²) in [6.07, 6.45) is 3.37. The maximum Gasteiger partial charge on any atom is 0.240 e. The molecule has 0 atom stereocenters. The van der Waals surface area contributed by atoms with Gasteiger partial charge < -0.3 is 0 Å². The number of allylic oxidation sites excluding steroid dienone is 1. The first kappa shape index (κ1) is 12.9. The molecule has 1 N–H and O–H groups in total. The zero-order chi connectivity index (χ0) is 12.0. The third-order valence-corrected chi connectivity index (χ3v) is 3.69. The Hall–Kier alpha value is -1.13. The average molecular weight is 239 g/mol. The monoisotopic (exact) mass is 239 g/mol. The standard InChI is InChI=1S/C12H17NO2S/c1-3-4-5-10-13-16(14,15)12-8-6-11(2)7-9-12/h3,6-9,13H,1,4-5,10H2,2H3. The normalized spacial score (nSPS) is 11.3. The molecule has 0 heterocycles. The topological polar surface area (TPSA) is 46.2 Å². The number of sulfonamides is 1. The lowest BCUT2D eigenvalue weighted by atomic mass is 10.2. The van der Waals surface area contributed by atoms with Crippen molar-refractivity contribution >= 4 is 10.0 Å². The minimum atomic E-state index is -3.34. The maximum atomic E-state index is 11.8. The van der Waals surface area contributed by atoms with Crippen molar-refractivity contribution < 1.29 is 8.42 Å². The number of hydrogen-bond donors (Lipinski definition) is 1. The first-order valence-electron chi connectivity index (χ1n) is 5.23. The van der Waals surface area contributed by atoms with Gasteiger partial charge in [-0.2, -0.15) is 0 Å². The summed E-state index contributed by atoms with van der Waals surface area (Å²) >= 11 is 0. The van der Waals surface area contributed by atoms with Gasteiger partial charge in [-0.3, -0.25) is 0 Å². The van der Waals surface area contributed by atoms with Crippen molar-refractivity contribution in [2.45, 2.75) is 24.7 Å². The van der Waals surface area contributed by atoms with Crippen molar-refractivity contribution in [3.63, 3.8) is 0 Å². The number of hydrogen-bond acceptors (Lipinski definition) is 2. The first-order chi connectivity index (χ1) is 7.56. The Balaban J connectivity index is 2.63. The van der Waals surface area contributed by atoms with Gasteiger partial charge in [-0.15, -0.1) is 6.58 Å². The van der Waals surface area contributed by atoms with E-state index in [0.29, 0.717) is 11.4 Å². The van der Waals surface area contributed by atoms with E-state index in [1.807, 2.05) is 6.92 Å². The lowest BCUT2D eigenvalue weighted by Gasteiger charge is -2.06. The van der Waals surface area contributed by atoms with Crippen LogP contribution in [0.3, 0.4) is 0 Å². The zero-order valence-corrected chi connectivity index (χ0v) is 10.3. The molecule has 0 radical (unpaired) electrons. The van der Waals surface area contributed by atoms with E-state index in [0.717, 1.165) is 18.4 Å². The molecule has 0 spiro atoms.